The molecule has 0 fully saturated rings. The first-order valence-electron chi connectivity index (χ1n) is 6.60. The van der Waals surface area contributed by atoms with Crippen LogP contribution >= 0.6 is 0 Å². The number of methoxy groups -OCH3 is 1. The fourth-order valence-corrected chi connectivity index (χ4v) is 1.97. The van der Waals surface area contributed by atoms with Crippen LogP contribution in [0.3, 0.4) is 0 Å². The van der Waals surface area contributed by atoms with Crippen molar-refractivity contribution in [3.63, 3.8) is 0 Å². The van der Waals surface area contributed by atoms with Crippen molar-refractivity contribution in [2.75, 3.05) is 13.9 Å². The molecule has 0 spiro atoms. The predicted octanol–water partition coefficient (Wildman–Crippen LogP) is 2.62. The Hall–Kier alpha value is -1.20. The largest absolute Gasteiger partial charge is 0.569 e. The van der Waals surface area contributed by atoms with E-state index in [0.29, 0.717) is 19.2 Å². The van der Waals surface area contributed by atoms with E-state index in [1.54, 1.807) is 7.11 Å². The van der Waals surface area contributed by atoms with E-state index >= 15 is 0 Å². The zero-order valence-electron chi connectivity index (χ0n) is 11.9. The molecule has 0 aliphatic carbocycles. The van der Waals surface area contributed by atoms with Gasteiger partial charge in [0.1, 0.15) is 5.75 Å². The minimum Gasteiger partial charge on any atom is -0.535 e. The third-order valence-corrected chi connectivity index (χ3v) is 2.87. The molecule has 0 aromatic heterocycles. The van der Waals surface area contributed by atoms with Crippen molar-refractivity contribution in [1.29, 1.82) is 0 Å². The molecule has 0 saturated carbocycles. The molecule has 0 atom stereocenters. The van der Waals surface area contributed by atoms with Gasteiger partial charge in [0.25, 0.3) is 0 Å². The molecule has 0 heterocycles. The van der Waals surface area contributed by atoms with Gasteiger partial charge in [0.15, 0.2) is 12.5 Å². The second-order valence-corrected chi connectivity index (χ2v) is 4.47. The summed E-state index contributed by atoms with van der Waals surface area (Å²) in [6.45, 7) is 4.27. The highest BCUT2D eigenvalue weighted by atomic mass is 16.7. The predicted molar refractivity (Wildman–Crippen MR) is 75.5 cm³/mol. The van der Waals surface area contributed by atoms with Gasteiger partial charge >= 0.3 is 7.69 Å². The van der Waals surface area contributed by atoms with Gasteiger partial charge in [-0.05, 0) is 37.0 Å². The Balaban J connectivity index is 2.86. The number of unbranched alkanes of at least 4 members (excludes halogenated alkanes) is 2. The van der Waals surface area contributed by atoms with Crippen molar-refractivity contribution >= 4 is 7.69 Å². The number of hydrogen-bond donors (Lipinski definition) is 1. The highest BCUT2D eigenvalue weighted by Gasteiger charge is 2.11. The summed E-state index contributed by atoms with van der Waals surface area (Å²) in [4.78, 5) is 0. The smallest absolute Gasteiger partial charge is 0.535 e. The summed E-state index contributed by atoms with van der Waals surface area (Å²) in [6, 6.07) is 4.01. The normalized spacial score (nSPS) is 10.3. The lowest BCUT2D eigenvalue weighted by Gasteiger charge is -2.15. The van der Waals surface area contributed by atoms with E-state index in [-0.39, 0.29) is 6.79 Å². The van der Waals surface area contributed by atoms with Gasteiger partial charge in [0.05, 0.1) is 0 Å². The number of benzene rings is 1. The van der Waals surface area contributed by atoms with Gasteiger partial charge in [-0.25, -0.2) is 0 Å². The van der Waals surface area contributed by atoms with Crippen LogP contribution in [0.25, 0.3) is 0 Å². The SMILES string of the molecule is CCCCCc1cc(C)c(O[B]O)c(OCOC)c1. The summed E-state index contributed by atoms with van der Waals surface area (Å²) < 4.78 is 15.5. The second kappa shape index (κ2) is 8.83. The molecule has 0 saturated heterocycles. The summed E-state index contributed by atoms with van der Waals surface area (Å²) in [5.41, 5.74) is 2.15. The lowest BCUT2D eigenvalue weighted by molar-refractivity contribution is 0.0496. The molecule has 19 heavy (non-hydrogen) atoms. The zero-order valence-corrected chi connectivity index (χ0v) is 11.9. The molecule has 1 N–H and O–H groups in total. The van der Waals surface area contributed by atoms with Crippen molar-refractivity contribution in [2.45, 2.75) is 39.5 Å². The first-order valence-corrected chi connectivity index (χ1v) is 6.60. The van der Waals surface area contributed by atoms with Gasteiger partial charge in [0.2, 0.25) is 0 Å². The first kappa shape index (κ1) is 15.9. The van der Waals surface area contributed by atoms with Crippen molar-refractivity contribution in [3.8, 4) is 11.5 Å². The van der Waals surface area contributed by atoms with Gasteiger partial charge in [-0.3, -0.25) is 0 Å². The molecule has 0 aliphatic heterocycles. The van der Waals surface area contributed by atoms with Gasteiger partial charge in [0, 0.05) is 7.11 Å². The topological polar surface area (TPSA) is 47.9 Å². The summed E-state index contributed by atoms with van der Waals surface area (Å²) in [7, 11) is 2.23. The summed E-state index contributed by atoms with van der Waals surface area (Å²) >= 11 is 0. The number of aryl methyl sites for hydroxylation is 2. The highest BCUT2D eigenvalue weighted by molar-refractivity contribution is 6.17. The molecule has 1 aromatic carbocycles. The molecule has 4 nitrogen and oxygen atoms in total. The van der Waals surface area contributed by atoms with E-state index in [1.165, 1.54) is 18.4 Å². The average molecular weight is 265 g/mol. The Morgan fingerprint density at radius 1 is 1.26 bits per heavy atom. The molecule has 5 heteroatoms. The molecule has 0 aliphatic rings. The fourth-order valence-electron chi connectivity index (χ4n) is 1.97. The van der Waals surface area contributed by atoms with Crippen LogP contribution < -0.4 is 9.39 Å². The van der Waals surface area contributed by atoms with Crippen LogP contribution in [0.4, 0.5) is 0 Å². The van der Waals surface area contributed by atoms with Crippen molar-refractivity contribution in [3.05, 3.63) is 23.3 Å². The Labute approximate surface area is 116 Å². The molecule has 105 valence electrons. The van der Waals surface area contributed by atoms with Gasteiger partial charge in [-0.1, -0.05) is 25.8 Å². The number of hydrogen-bond acceptors (Lipinski definition) is 4. The maximum Gasteiger partial charge on any atom is 0.569 e. The van der Waals surface area contributed by atoms with Gasteiger partial charge < -0.3 is 19.2 Å². The molecule has 1 radical (unpaired) electrons. The molecule has 0 unspecified atom stereocenters. The van der Waals surface area contributed by atoms with E-state index in [4.69, 9.17) is 19.2 Å². The van der Waals surface area contributed by atoms with E-state index < -0.39 is 0 Å². The second-order valence-electron chi connectivity index (χ2n) is 4.47. The summed E-state index contributed by atoms with van der Waals surface area (Å²) in [5, 5.41) is 8.80. The lowest BCUT2D eigenvalue weighted by Crippen LogP contribution is -2.07. The van der Waals surface area contributed by atoms with Crippen LogP contribution in [0.15, 0.2) is 12.1 Å². The third-order valence-electron chi connectivity index (χ3n) is 2.87. The highest BCUT2D eigenvalue weighted by Crippen LogP contribution is 2.33. The minimum atomic E-state index is 0.152. The maximum atomic E-state index is 8.80. The molecule has 1 aromatic rings. The van der Waals surface area contributed by atoms with Crippen molar-refractivity contribution < 1.29 is 19.2 Å². The molecule has 0 bridgehead atoms. The van der Waals surface area contributed by atoms with E-state index in [0.717, 1.165) is 18.4 Å². The van der Waals surface area contributed by atoms with E-state index in [1.807, 2.05) is 13.0 Å². The molecule has 1 rings (SSSR count). The number of ether oxygens (including phenoxy) is 2. The average Bonchev–Trinajstić information content (AvgIpc) is 2.40. The van der Waals surface area contributed by atoms with E-state index in [9.17, 15) is 0 Å². The first-order chi connectivity index (χ1) is 9.22. The Bertz CT molecular complexity index is 382. The monoisotopic (exact) mass is 265 g/mol. The Morgan fingerprint density at radius 2 is 2.05 bits per heavy atom. The van der Waals surface area contributed by atoms with Crippen LogP contribution in [0, 0.1) is 6.92 Å². The minimum absolute atomic E-state index is 0.152. The standard InChI is InChI=1S/C14H22BO4/c1-4-5-6-7-12-8-11(2)14(19-15-16)13(9-12)18-10-17-3/h8-9,16H,4-7,10H2,1-3H3. The fraction of sp³-hybridized carbons (Fsp3) is 0.571. The Kier molecular flexibility index (Phi) is 7.37. The van der Waals surface area contributed by atoms with Crippen LogP contribution in [0.5, 0.6) is 11.5 Å². The zero-order chi connectivity index (χ0) is 14.1. The number of rotatable bonds is 9. The van der Waals surface area contributed by atoms with Gasteiger partial charge in [-0.15, -0.1) is 0 Å². The van der Waals surface area contributed by atoms with Gasteiger partial charge in [-0.2, -0.15) is 0 Å². The maximum absolute atomic E-state index is 8.80. The van der Waals surface area contributed by atoms with Crippen molar-refractivity contribution in [2.24, 2.45) is 0 Å². The quantitative estimate of drug-likeness (QED) is 0.423. The summed E-state index contributed by atoms with van der Waals surface area (Å²) in [5.74, 6) is 1.12. The van der Waals surface area contributed by atoms with E-state index in [2.05, 4.69) is 13.0 Å². The summed E-state index contributed by atoms with van der Waals surface area (Å²) in [6.07, 6.45) is 4.59. The van der Waals surface area contributed by atoms with Crippen LogP contribution in [0.1, 0.15) is 37.3 Å². The third kappa shape index (κ3) is 5.13. The molecule has 0 amide bonds. The Morgan fingerprint density at radius 3 is 2.68 bits per heavy atom. The molecular formula is C14H22BO4. The van der Waals surface area contributed by atoms with Crippen LogP contribution in [-0.4, -0.2) is 26.6 Å². The molecular weight excluding hydrogens is 243 g/mol. The van der Waals surface area contributed by atoms with Crippen LogP contribution in [0.2, 0.25) is 0 Å². The lowest BCUT2D eigenvalue weighted by atomic mass is 10.0. The van der Waals surface area contributed by atoms with Crippen LogP contribution in [-0.2, 0) is 11.2 Å². The van der Waals surface area contributed by atoms with Crippen molar-refractivity contribution in [1.82, 2.24) is 0 Å².